The Kier molecular flexibility index (Phi) is 4.71. The number of ketones is 1. The molecule has 31 heavy (non-hydrogen) atoms. The first kappa shape index (κ1) is 19.3. The molecule has 0 atom stereocenters. The monoisotopic (exact) mass is 477 g/mol. The van der Waals surface area contributed by atoms with Gasteiger partial charge in [0.05, 0.1) is 23.7 Å². The maximum absolute atomic E-state index is 13.4. The number of esters is 1. The molecule has 0 saturated heterocycles. The van der Waals surface area contributed by atoms with Crippen molar-refractivity contribution in [1.29, 1.82) is 0 Å². The Bertz CT molecular complexity index is 1360. The summed E-state index contributed by atoms with van der Waals surface area (Å²) in [5.74, 6) is 0.130. The standard InChI is InChI=1S/C23H16BrN3O4/c1-30-18(28)11-25-12-5-4-6-13(9-12)26-17-10-16(24)21-20-19(17)22(29)14-7-2-3-8-15(14)23(20)31-27-21/h2-10,25-26H,11H2,1H3. The number of carbonyl (C=O) groups excluding carboxylic acids is 2. The number of halogens is 1. The van der Waals surface area contributed by atoms with E-state index in [9.17, 15) is 9.59 Å². The molecule has 0 aliphatic heterocycles. The van der Waals surface area contributed by atoms with Crippen LogP contribution in [0, 0.1) is 0 Å². The lowest BCUT2D eigenvalue weighted by molar-refractivity contribution is -0.138. The van der Waals surface area contributed by atoms with Gasteiger partial charge in [0, 0.05) is 27.0 Å². The number of ether oxygens (including phenoxy) is 1. The largest absolute Gasteiger partial charge is 0.468 e. The van der Waals surface area contributed by atoms with Crippen molar-refractivity contribution in [2.24, 2.45) is 0 Å². The number of rotatable bonds is 5. The number of nitrogens with zero attached hydrogens (tertiary/aromatic N) is 1. The van der Waals surface area contributed by atoms with E-state index in [4.69, 9.17) is 4.52 Å². The Morgan fingerprint density at radius 1 is 1.10 bits per heavy atom. The van der Waals surface area contributed by atoms with Crippen LogP contribution in [0.15, 0.2) is 63.6 Å². The van der Waals surface area contributed by atoms with Gasteiger partial charge < -0.3 is 19.9 Å². The Hall–Kier alpha value is -3.65. The van der Waals surface area contributed by atoms with Crippen molar-refractivity contribution in [3.8, 4) is 11.3 Å². The number of carbonyl (C=O) groups is 2. The van der Waals surface area contributed by atoms with Crippen molar-refractivity contribution in [2.75, 3.05) is 24.3 Å². The molecule has 1 aliphatic carbocycles. The maximum Gasteiger partial charge on any atom is 0.325 e. The van der Waals surface area contributed by atoms with Crippen LogP contribution in [0.3, 0.4) is 0 Å². The SMILES string of the molecule is COC(=O)CNc1cccc(Nc2cc(Br)c3noc4c3c2C(=O)c2ccccc2-4)c1. The van der Waals surface area contributed by atoms with E-state index < -0.39 is 0 Å². The molecule has 1 aromatic heterocycles. The highest BCUT2D eigenvalue weighted by molar-refractivity contribution is 9.10. The van der Waals surface area contributed by atoms with Gasteiger partial charge >= 0.3 is 5.97 Å². The molecule has 0 fully saturated rings. The molecule has 0 spiro atoms. The second-order valence-electron chi connectivity index (χ2n) is 7.03. The minimum atomic E-state index is -0.360. The van der Waals surface area contributed by atoms with Gasteiger partial charge in [-0.25, -0.2) is 0 Å². The van der Waals surface area contributed by atoms with Crippen LogP contribution in [0.5, 0.6) is 0 Å². The van der Waals surface area contributed by atoms with Gasteiger partial charge in [0.25, 0.3) is 0 Å². The summed E-state index contributed by atoms with van der Waals surface area (Å²) >= 11 is 3.55. The number of methoxy groups -OCH3 is 1. The maximum atomic E-state index is 13.4. The third-order valence-corrected chi connectivity index (χ3v) is 5.76. The van der Waals surface area contributed by atoms with Gasteiger partial charge in [-0.3, -0.25) is 9.59 Å². The zero-order valence-corrected chi connectivity index (χ0v) is 17.9. The molecule has 0 unspecified atom stereocenters. The van der Waals surface area contributed by atoms with Crippen LogP contribution < -0.4 is 10.6 Å². The fourth-order valence-corrected chi connectivity index (χ4v) is 4.23. The normalized spacial score (nSPS) is 11.9. The van der Waals surface area contributed by atoms with Crippen LogP contribution in [0.4, 0.5) is 17.1 Å². The quantitative estimate of drug-likeness (QED) is 0.338. The van der Waals surface area contributed by atoms with E-state index >= 15 is 0 Å². The number of anilines is 3. The summed E-state index contributed by atoms with van der Waals surface area (Å²) < 4.78 is 11.0. The number of nitrogens with one attached hydrogen (secondary N) is 2. The molecule has 0 saturated carbocycles. The highest BCUT2D eigenvalue weighted by Gasteiger charge is 2.32. The Morgan fingerprint density at radius 2 is 1.87 bits per heavy atom. The Balaban J connectivity index is 1.58. The first-order valence-corrected chi connectivity index (χ1v) is 10.3. The molecule has 154 valence electrons. The second kappa shape index (κ2) is 7.55. The molecule has 2 N–H and O–H groups in total. The van der Waals surface area contributed by atoms with Crippen LogP contribution in [0.1, 0.15) is 15.9 Å². The molecule has 0 amide bonds. The van der Waals surface area contributed by atoms with Gasteiger partial charge in [-0.05, 0) is 40.2 Å². The first-order chi connectivity index (χ1) is 15.1. The number of hydrogen-bond acceptors (Lipinski definition) is 7. The number of fused-ring (bicyclic) bond motifs is 2. The van der Waals surface area contributed by atoms with Crippen LogP contribution in [-0.2, 0) is 9.53 Å². The van der Waals surface area contributed by atoms with E-state index in [1.807, 2.05) is 48.5 Å². The molecule has 1 aliphatic rings. The minimum Gasteiger partial charge on any atom is -0.468 e. The van der Waals surface area contributed by atoms with Gasteiger partial charge in [-0.15, -0.1) is 0 Å². The summed E-state index contributed by atoms with van der Waals surface area (Å²) in [6, 6.07) is 16.6. The van der Waals surface area contributed by atoms with Crippen molar-refractivity contribution in [1.82, 2.24) is 5.16 Å². The summed E-state index contributed by atoms with van der Waals surface area (Å²) in [4.78, 5) is 24.8. The predicted molar refractivity (Wildman–Crippen MR) is 121 cm³/mol. The third kappa shape index (κ3) is 3.25. The lowest BCUT2D eigenvalue weighted by Crippen LogP contribution is -2.15. The average Bonchev–Trinajstić information content (AvgIpc) is 3.23. The van der Waals surface area contributed by atoms with Crippen molar-refractivity contribution in [3.05, 3.63) is 70.2 Å². The van der Waals surface area contributed by atoms with E-state index in [0.717, 1.165) is 21.4 Å². The highest BCUT2D eigenvalue weighted by atomic mass is 79.9. The molecule has 1 heterocycles. The number of benzene rings is 3. The number of aromatic nitrogens is 1. The first-order valence-electron chi connectivity index (χ1n) is 9.50. The van der Waals surface area contributed by atoms with Gasteiger partial charge in [0.15, 0.2) is 11.5 Å². The lowest BCUT2D eigenvalue weighted by Gasteiger charge is -2.19. The van der Waals surface area contributed by atoms with Gasteiger partial charge in [-0.2, -0.15) is 0 Å². The second-order valence-corrected chi connectivity index (χ2v) is 7.88. The van der Waals surface area contributed by atoms with E-state index in [2.05, 4.69) is 36.5 Å². The van der Waals surface area contributed by atoms with Crippen molar-refractivity contribution >= 4 is 55.6 Å². The zero-order chi connectivity index (χ0) is 21.5. The number of hydrogen-bond donors (Lipinski definition) is 2. The summed E-state index contributed by atoms with van der Waals surface area (Å²) in [6.45, 7) is 0.0576. The Labute approximate surface area is 185 Å². The summed E-state index contributed by atoms with van der Waals surface area (Å²) in [6.07, 6.45) is 0. The van der Waals surface area contributed by atoms with E-state index in [1.54, 1.807) is 6.07 Å². The summed E-state index contributed by atoms with van der Waals surface area (Å²) in [5.41, 5.74) is 4.56. The van der Waals surface area contributed by atoms with E-state index in [1.165, 1.54) is 7.11 Å². The lowest BCUT2D eigenvalue weighted by atomic mass is 9.87. The predicted octanol–water partition coefficient (Wildman–Crippen LogP) is 5.13. The molecule has 5 rings (SSSR count). The van der Waals surface area contributed by atoms with Crippen molar-refractivity contribution in [2.45, 2.75) is 0 Å². The smallest absolute Gasteiger partial charge is 0.325 e. The summed E-state index contributed by atoms with van der Waals surface area (Å²) in [5, 5.41) is 11.2. The summed E-state index contributed by atoms with van der Waals surface area (Å²) in [7, 11) is 1.34. The topological polar surface area (TPSA) is 93.5 Å². The third-order valence-electron chi connectivity index (χ3n) is 5.16. The molecular formula is C23H16BrN3O4. The molecule has 8 heteroatoms. The van der Waals surface area contributed by atoms with Crippen molar-refractivity contribution < 1.29 is 18.8 Å². The minimum absolute atomic E-state index is 0.0576. The van der Waals surface area contributed by atoms with Gasteiger partial charge in [0.2, 0.25) is 0 Å². The van der Waals surface area contributed by atoms with Gasteiger partial charge in [-0.1, -0.05) is 35.5 Å². The van der Waals surface area contributed by atoms with Gasteiger partial charge in [0.1, 0.15) is 12.1 Å². The van der Waals surface area contributed by atoms with Crippen LogP contribution in [-0.4, -0.2) is 30.6 Å². The highest BCUT2D eigenvalue weighted by Crippen LogP contribution is 2.45. The molecule has 0 radical (unpaired) electrons. The fraction of sp³-hybridized carbons (Fsp3) is 0.0870. The Morgan fingerprint density at radius 3 is 2.68 bits per heavy atom. The molecule has 7 nitrogen and oxygen atoms in total. The van der Waals surface area contributed by atoms with Crippen LogP contribution in [0.2, 0.25) is 0 Å². The van der Waals surface area contributed by atoms with Crippen molar-refractivity contribution in [3.63, 3.8) is 0 Å². The van der Waals surface area contributed by atoms with Crippen LogP contribution >= 0.6 is 15.9 Å². The fourth-order valence-electron chi connectivity index (χ4n) is 3.73. The van der Waals surface area contributed by atoms with Crippen LogP contribution in [0.25, 0.3) is 22.2 Å². The average molecular weight is 478 g/mol. The molecule has 0 bridgehead atoms. The zero-order valence-electron chi connectivity index (χ0n) is 16.4. The molecular weight excluding hydrogens is 462 g/mol. The molecule has 4 aromatic rings. The van der Waals surface area contributed by atoms with E-state index in [0.29, 0.717) is 33.5 Å². The molecule has 3 aromatic carbocycles. The van der Waals surface area contributed by atoms with E-state index in [-0.39, 0.29) is 18.3 Å².